The van der Waals surface area contributed by atoms with Crippen LogP contribution >= 0.6 is 0 Å². The number of carbonyl (C=O) groups is 3. The number of imide groups is 1. The molecule has 1 aromatic carbocycles. The molecule has 26 heavy (non-hydrogen) atoms. The van der Waals surface area contributed by atoms with Gasteiger partial charge < -0.3 is 4.90 Å². The van der Waals surface area contributed by atoms with Crippen molar-refractivity contribution in [3.8, 4) is 0 Å². The van der Waals surface area contributed by atoms with Crippen LogP contribution < -0.4 is 4.90 Å². The number of rotatable bonds is 3. The first-order valence-corrected chi connectivity index (χ1v) is 9.81. The highest BCUT2D eigenvalue weighted by molar-refractivity contribution is 6.05. The Balaban J connectivity index is 1.44. The van der Waals surface area contributed by atoms with Gasteiger partial charge in [0.05, 0.1) is 11.8 Å². The SMILES string of the molecule is Cc1ccc2c(c1)CCCN2C(=O)CCN1C(=O)[C@@H]2CCCC[C@H]2C1=O. The molecule has 0 N–H and O–H groups in total. The van der Waals surface area contributed by atoms with Gasteiger partial charge in [0.2, 0.25) is 17.7 Å². The molecule has 3 aliphatic rings. The molecule has 0 unspecified atom stereocenters. The van der Waals surface area contributed by atoms with E-state index in [0.717, 1.165) is 44.2 Å². The third-order valence-electron chi connectivity index (χ3n) is 6.14. The van der Waals surface area contributed by atoms with Gasteiger partial charge in [-0.05, 0) is 44.2 Å². The normalized spacial score (nSPS) is 25.3. The Morgan fingerprint density at radius 2 is 1.77 bits per heavy atom. The number of carbonyl (C=O) groups excluding carboxylic acids is 3. The molecule has 2 fully saturated rings. The number of aryl methyl sites for hydroxylation is 2. The first-order chi connectivity index (χ1) is 12.6. The molecule has 0 radical (unpaired) electrons. The number of amides is 3. The van der Waals surface area contributed by atoms with E-state index in [1.54, 1.807) is 0 Å². The average molecular weight is 354 g/mol. The maximum absolute atomic E-state index is 12.8. The van der Waals surface area contributed by atoms with Crippen LogP contribution in [0.5, 0.6) is 0 Å². The van der Waals surface area contributed by atoms with Crippen LogP contribution in [0.25, 0.3) is 0 Å². The van der Waals surface area contributed by atoms with Crippen LogP contribution in [0.2, 0.25) is 0 Å². The van der Waals surface area contributed by atoms with E-state index >= 15 is 0 Å². The van der Waals surface area contributed by atoms with Gasteiger partial charge in [-0.15, -0.1) is 0 Å². The lowest BCUT2D eigenvalue weighted by Gasteiger charge is -2.30. The van der Waals surface area contributed by atoms with Gasteiger partial charge in [0.1, 0.15) is 0 Å². The molecule has 1 saturated carbocycles. The summed E-state index contributed by atoms with van der Waals surface area (Å²) in [6.07, 6.45) is 5.84. The maximum atomic E-state index is 12.8. The molecule has 2 aliphatic heterocycles. The largest absolute Gasteiger partial charge is 0.312 e. The lowest BCUT2D eigenvalue weighted by atomic mass is 9.81. The number of anilines is 1. The van der Waals surface area contributed by atoms with Crippen molar-refractivity contribution in [1.82, 2.24) is 4.90 Å². The van der Waals surface area contributed by atoms with Crippen LogP contribution in [0.3, 0.4) is 0 Å². The second-order valence-corrected chi connectivity index (χ2v) is 7.86. The number of likely N-dealkylation sites (tertiary alicyclic amines) is 1. The smallest absolute Gasteiger partial charge is 0.233 e. The number of fused-ring (bicyclic) bond motifs is 2. The lowest BCUT2D eigenvalue weighted by Crippen LogP contribution is -2.39. The Bertz CT molecular complexity index is 734. The van der Waals surface area contributed by atoms with E-state index in [0.29, 0.717) is 6.54 Å². The molecule has 138 valence electrons. The summed E-state index contributed by atoms with van der Waals surface area (Å²) >= 11 is 0. The minimum absolute atomic E-state index is 0.00488. The second-order valence-electron chi connectivity index (χ2n) is 7.86. The molecule has 4 rings (SSSR count). The first kappa shape index (κ1) is 17.3. The van der Waals surface area contributed by atoms with Crippen molar-refractivity contribution in [3.63, 3.8) is 0 Å². The highest BCUT2D eigenvalue weighted by atomic mass is 16.2. The number of benzene rings is 1. The summed E-state index contributed by atoms with van der Waals surface area (Å²) in [4.78, 5) is 41.1. The van der Waals surface area contributed by atoms with E-state index in [1.807, 2.05) is 17.0 Å². The third-order valence-corrected chi connectivity index (χ3v) is 6.14. The van der Waals surface area contributed by atoms with Crippen LogP contribution in [-0.2, 0) is 20.8 Å². The molecule has 5 heteroatoms. The van der Waals surface area contributed by atoms with E-state index in [4.69, 9.17) is 0 Å². The van der Waals surface area contributed by atoms with Gasteiger partial charge in [-0.25, -0.2) is 0 Å². The lowest BCUT2D eigenvalue weighted by molar-refractivity contribution is -0.140. The Kier molecular flexibility index (Phi) is 4.55. The standard InChI is InChI=1S/C21H26N2O3/c1-14-8-9-18-15(13-14)5-4-11-22(18)19(24)10-12-23-20(25)16-6-2-3-7-17(16)21(23)26/h8-9,13,16-17H,2-7,10-12H2,1H3/t16-,17-/m1/s1. The van der Waals surface area contributed by atoms with Gasteiger partial charge in [-0.2, -0.15) is 0 Å². The summed E-state index contributed by atoms with van der Waals surface area (Å²) in [5.41, 5.74) is 3.40. The van der Waals surface area contributed by atoms with Crippen LogP contribution in [0.4, 0.5) is 5.69 Å². The maximum Gasteiger partial charge on any atom is 0.233 e. The zero-order valence-corrected chi connectivity index (χ0v) is 15.4. The fraction of sp³-hybridized carbons (Fsp3) is 0.571. The highest BCUT2D eigenvalue weighted by Crippen LogP contribution is 2.38. The molecule has 3 amide bonds. The molecule has 1 aliphatic carbocycles. The summed E-state index contributed by atoms with van der Waals surface area (Å²) in [6, 6.07) is 6.19. The van der Waals surface area contributed by atoms with E-state index in [9.17, 15) is 14.4 Å². The fourth-order valence-corrected chi connectivity index (χ4v) is 4.78. The fourth-order valence-electron chi connectivity index (χ4n) is 4.78. The summed E-state index contributed by atoms with van der Waals surface area (Å²) in [7, 11) is 0. The first-order valence-electron chi connectivity index (χ1n) is 9.81. The van der Waals surface area contributed by atoms with Crippen LogP contribution in [0, 0.1) is 18.8 Å². The second kappa shape index (κ2) is 6.86. The summed E-state index contributed by atoms with van der Waals surface area (Å²) in [5, 5.41) is 0. The molecule has 0 bridgehead atoms. The van der Waals surface area contributed by atoms with Crippen molar-refractivity contribution in [2.75, 3.05) is 18.0 Å². The molecule has 5 nitrogen and oxygen atoms in total. The average Bonchev–Trinajstić information content (AvgIpc) is 2.90. The quantitative estimate of drug-likeness (QED) is 0.784. The topological polar surface area (TPSA) is 57.7 Å². The van der Waals surface area contributed by atoms with E-state index in [1.165, 1.54) is 16.0 Å². The van der Waals surface area contributed by atoms with Crippen LogP contribution in [0.15, 0.2) is 18.2 Å². The van der Waals surface area contributed by atoms with Gasteiger partial charge in [0.25, 0.3) is 0 Å². The zero-order valence-electron chi connectivity index (χ0n) is 15.4. The third kappa shape index (κ3) is 2.93. The zero-order chi connectivity index (χ0) is 18.3. The van der Waals surface area contributed by atoms with Gasteiger partial charge >= 0.3 is 0 Å². The monoisotopic (exact) mass is 354 g/mol. The van der Waals surface area contributed by atoms with E-state index in [2.05, 4.69) is 13.0 Å². The molecule has 1 saturated heterocycles. The van der Waals surface area contributed by atoms with Gasteiger partial charge in [0, 0.05) is 25.2 Å². The van der Waals surface area contributed by atoms with Crippen LogP contribution in [0.1, 0.15) is 49.7 Å². The predicted octanol–water partition coefficient (Wildman–Crippen LogP) is 2.84. The number of hydrogen-bond donors (Lipinski definition) is 0. The van der Waals surface area contributed by atoms with Crippen molar-refractivity contribution in [3.05, 3.63) is 29.3 Å². The van der Waals surface area contributed by atoms with Crippen molar-refractivity contribution < 1.29 is 14.4 Å². The Hall–Kier alpha value is -2.17. The van der Waals surface area contributed by atoms with Crippen LogP contribution in [-0.4, -0.2) is 35.7 Å². The minimum atomic E-state index is -0.134. The molecule has 2 atom stereocenters. The molecular formula is C21H26N2O3. The molecule has 2 heterocycles. The van der Waals surface area contributed by atoms with Crippen molar-refractivity contribution in [1.29, 1.82) is 0 Å². The van der Waals surface area contributed by atoms with Crippen molar-refractivity contribution >= 4 is 23.4 Å². The summed E-state index contributed by atoms with van der Waals surface area (Å²) in [5.74, 6) is -0.371. The van der Waals surface area contributed by atoms with Gasteiger partial charge in [-0.3, -0.25) is 19.3 Å². The molecule has 0 spiro atoms. The predicted molar refractivity (Wildman–Crippen MR) is 98.6 cm³/mol. The van der Waals surface area contributed by atoms with Gasteiger partial charge in [0.15, 0.2) is 0 Å². The van der Waals surface area contributed by atoms with E-state index in [-0.39, 0.29) is 42.5 Å². The Morgan fingerprint density at radius 1 is 1.08 bits per heavy atom. The van der Waals surface area contributed by atoms with Crippen molar-refractivity contribution in [2.24, 2.45) is 11.8 Å². The summed E-state index contributed by atoms with van der Waals surface area (Å²) in [6.45, 7) is 2.99. The number of nitrogens with zero attached hydrogens (tertiary/aromatic N) is 2. The minimum Gasteiger partial charge on any atom is -0.312 e. The number of hydrogen-bond acceptors (Lipinski definition) is 3. The van der Waals surface area contributed by atoms with Gasteiger partial charge in [-0.1, -0.05) is 30.5 Å². The Labute approximate surface area is 154 Å². The van der Waals surface area contributed by atoms with Crippen molar-refractivity contribution in [2.45, 2.75) is 51.9 Å². The van der Waals surface area contributed by atoms with E-state index < -0.39 is 0 Å². The Morgan fingerprint density at radius 3 is 2.46 bits per heavy atom. The molecule has 0 aromatic heterocycles. The summed E-state index contributed by atoms with van der Waals surface area (Å²) < 4.78 is 0. The highest BCUT2D eigenvalue weighted by Gasteiger charge is 2.47. The molecule has 1 aromatic rings. The molecular weight excluding hydrogens is 328 g/mol.